The first-order valence-corrected chi connectivity index (χ1v) is 10.8. The van der Waals surface area contributed by atoms with Crippen LogP contribution in [0.15, 0.2) is 54.9 Å². The highest BCUT2D eigenvalue weighted by Gasteiger charge is 2.37. The topological polar surface area (TPSA) is 72.2 Å². The Morgan fingerprint density at radius 2 is 1.83 bits per heavy atom. The van der Waals surface area contributed by atoms with Crippen molar-refractivity contribution < 1.29 is 31.1 Å². The van der Waals surface area contributed by atoms with Crippen LogP contribution in [-0.4, -0.2) is 31.7 Å². The molecule has 0 saturated heterocycles. The van der Waals surface area contributed by atoms with Gasteiger partial charge >= 0.3 is 12.4 Å². The molecule has 0 aliphatic rings. The van der Waals surface area contributed by atoms with Gasteiger partial charge < -0.3 is 5.32 Å². The molecule has 0 saturated carbocycles. The van der Waals surface area contributed by atoms with Crippen molar-refractivity contribution in [3.05, 3.63) is 65.6 Å². The summed E-state index contributed by atoms with van der Waals surface area (Å²) in [5.74, 6) is -2.70. The van der Waals surface area contributed by atoms with E-state index in [4.69, 9.17) is 11.6 Å². The summed E-state index contributed by atoms with van der Waals surface area (Å²) in [4.78, 5) is 19.9. The molecule has 1 amide bonds. The number of nitrogens with zero attached hydrogens (tertiary/aromatic N) is 4. The van der Waals surface area contributed by atoms with E-state index in [-0.39, 0.29) is 22.0 Å². The molecule has 4 rings (SSSR count). The number of alkyl halides is 6. The number of anilines is 1. The fourth-order valence-corrected chi connectivity index (χ4v) is 3.54. The van der Waals surface area contributed by atoms with Gasteiger partial charge in [0, 0.05) is 23.7 Å². The van der Waals surface area contributed by atoms with Crippen molar-refractivity contribution in [2.45, 2.75) is 25.7 Å². The third-order valence-corrected chi connectivity index (χ3v) is 5.59. The Morgan fingerprint density at radius 3 is 2.53 bits per heavy atom. The average Bonchev–Trinajstić information content (AvgIpc) is 3.22. The van der Waals surface area contributed by atoms with Gasteiger partial charge in [-0.25, -0.2) is 9.50 Å². The number of imidazole rings is 1. The lowest BCUT2D eigenvalue weighted by Crippen LogP contribution is -2.25. The van der Waals surface area contributed by atoms with Crippen molar-refractivity contribution in [3.8, 4) is 22.5 Å². The monoisotopic (exact) mass is 527 g/mol. The van der Waals surface area contributed by atoms with Gasteiger partial charge in [-0.3, -0.25) is 9.78 Å². The Labute approximate surface area is 204 Å². The number of carbonyl (C=O) groups excluding carboxylic acids is 1. The van der Waals surface area contributed by atoms with E-state index < -0.39 is 36.3 Å². The number of benzene rings is 1. The normalized spacial score (nSPS) is 13.1. The van der Waals surface area contributed by atoms with Crippen LogP contribution in [0, 0.1) is 5.92 Å². The SMILES string of the molecule is CC(CC(=O)Nc1cc(-c2cn3nc(-c4cccnc4C(F)(F)F)ccc3n2)ccc1Cl)C(F)(F)F. The van der Waals surface area contributed by atoms with Gasteiger partial charge in [-0.05, 0) is 36.4 Å². The second-order valence-electron chi connectivity index (χ2n) is 7.93. The van der Waals surface area contributed by atoms with E-state index in [0.29, 0.717) is 16.9 Å². The predicted octanol–water partition coefficient (Wildman–Crippen LogP) is 6.66. The van der Waals surface area contributed by atoms with Crippen LogP contribution in [0.3, 0.4) is 0 Å². The lowest BCUT2D eigenvalue weighted by Gasteiger charge is -2.15. The van der Waals surface area contributed by atoms with Gasteiger partial charge in [-0.2, -0.15) is 31.4 Å². The van der Waals surface area contributed by atoms with E-state index >= 15 is 0 Å². The zero-order valence-corrected chi connectivity index (χ0v) is 19.1. The lowest BCUT2D eigenvalue weighted by atomic mass is 10.1. The number of aromatic nitrogens is 4. The van der Waals surface area contributed by atoms with Gasteiger partial charge in [0.05, 0.1) is 34.2 Å². The van der Waals surface area contributed by atoms with Crippen molar-refractivity contribution in [1.82, 2.24) is 19.6 Å². The van der Waals surface area contributed by atoms with Gasteiger partial charge in [0.1, 0.15) is 0 Å². The summed E-state index contributed by atoms with van der Waals surface area (Å²) in [5.41, 5.74) is -0.0487. The van der Waals surface area contributed by atoms with Crippen LogP contribution in [0.2, 0.25) is 5.02 Å². The van der Waals surface area contributed by atoms with Crippen LogP contribution < -0.4 is 5.32 Å². The molecule has 1 aromatic carbocycles. The lowest BCUT2D eigenvalue weighted by molar-refractivity contribution is -0.173. The Hall–Kier alpha value is -3.67. The summed E-state index contributed by atoms with van der Waals surface area (Å²) >= 11 is 6.10. The first-order chi connectivity index (χ1) is 16.8. The summed E-state index contributed by atoms with van der Waals surface area (Å²) in [6.45, 7) is 0.901. The van der Waals surface area contributed by atoms with Crippen molar-refractivity contribution in [3.63, 3.8) is 0 Å². The Kier molecular flexibility index (Phi) is 6.65. The number of pyridine rings is 1. The fraction of sp³-hybridized carbons (Fsp3) is 0.217. The van der Waals surface area contributed by atoms with Crippen molar-refractivity contribution in [1.29, 1.82) is 0 Å². The molecule has 3 aromatic heterocycles. The average molecular weight is 528 g/mol. The molecule has 13 heteroatoms. The highest BCUT2D eigenvalue weighted by Crippen LogP contribution is 2.35. The molecule has 36 heavy (non-hydrogen) atoms. The molecule has 0 aliphatic heterocycles. The summed E-state index contributed by atoms with van der Waals surface area (Å²) in [7, 11) is 0. The molecule has 3 heterocycles. The third kappa shape index (κ3) is 5.43. The number of amides is 1. The van der Waals surface area contributed by atoms with Crippen LogP contribution in [0.1, 0.15) is 19.0 Å². The van der Waals surface area contributed by atoms with E-state index in [1.165, 1.54) is 47.1 Å². The fourth-order valence-electron chi connectivity index (χ4n) is 3.38. The largest absolute Gasteiger partial charge is 0.434 e. The number of halogens is 7. The standard InChI is InChI=1S/C23H16ClF6N5O/c1-12(22(25,26)27)9-20(36)33-17-10-13(4-5-15(17)24)18-11-35-19(32-18)7-6-16(34-35)14-3-2-8-31-21(14)23(28,29)30/h2-8,10-12H,9H2,1H3,(H,33,36). The van der Waals surface area contributed by atoms with Gasteiger partial charge in [0.25, 0.3) is 0 Å². The zero-order chi connectivity index (χ0) is 26.3. The Bertz CT molecular complexity index is 1430. The number of rotatable bonds is 5. The van der Waals surface area contributed by atoms with Crippen LogP contribution in [0.25, 0.3) is 28.2 Å². The molecule has 6 nitrogen and oxygen atoms in total. The van der Waals surface area contributed by atoms with E-state index in [9.17, 15) is 31.1 Å². The molecule has 0 radical (unpaired) electrons. The second-order valence-corrected chi connectivity index (χ2v) is 8.34. The smallest absolute Gasteiger partial charge is 0.325 e. The summed E-state index contributed by atoms with van der Waals surface area (Å²) in [5, 5.41) is 6.70. The molecule has 4 aromatic rings. The van der Waals surface area contributed by atoms with E-state index in [0.717, 1.165) is 13.1 Å². The minimum Gasteiger partial charge on any atom is -0.325 e. The highest BCUT2D eigenvalue weighted by atomic mass is 35.5. The maximum absolute atomic E-state index is 13.4. The molecular formula is C23H16ClF6N5O. The molecule has 0 bridgehead atoms. The number of nitrogens with one attached hydrogen (secondary N) is 1. The van der Waals surface area contributed by atoms with Gasteiger partial charge in [0.2, 0.25) is 5.91 Å². The molecule has 0 aliphatic carbocycles. The maximum atomic E-state index is 13.4. The minimum absolute atomic E-state index is 0.0229. The summed E-state index contributed by atoms with van der Waals surface area (Å²) < 4.78 is 79.6. The number of carbonyl (C=O) groups is 1. The van der Waals surface area contributed by atoms with Crippen LogP contribution in [0.5, 0.6) is 0 Å². The van der Waals surface area contributed by atoms with E-state index in [2.05, 4.69) is 20.4 Å². The molecule has 1 N–H and O–H groups in total. The molecule has 1 atom stereocenters. The molecule has 0 fully saturated rings. The summed E-state index contributed by atoms with van der Waals surface area (Å²) in [6.07, 6.45) is -7.46. The number of hydrogen-bond donors (Lipinski definition) is 1. The highest BCUT2D eigenvalue weighted by molar-refractivity contribution is 6.33. The molecule has 0 spiro atoms. The first kappa shape index (κ1) is 25.4. The molecule has 188 valence electrons. The number of hydrogen-bond acceptors (Lipinski definition) is 4. The van der Waals surface area contributed by atoms with Crippen molar-refractivity contribution >= 4 is 28.8 Å². The predicted molar refractivity (Wildman–Crippen MR) is 120 cm³/mol. The number of fused-ring (bicyclic) bond motifs is 1. The Morgan fingerprint density at radius 1 is 1.08 bits per heavy atom. The van der Waals surface area contributed by atoms with Crippen LogP contribution in [-0.2, 0) is 11.0 Å². The molecule has 1 unspecified atom stereocenters. The van der Waals surface area contributed by atoms with E-state index in [1.54, 1.807) is 6.07 Å². The minimum atomic E-state index is -4.67. The quantitative estimate of drug-likeness (QED) is 0.295. The third-order valence-electron chi connectivity index (χ3n) is 5.26. The van der Waals surface area contributed by atoms with Crippen LogP contribution in [0.4, 0.5) is 32.0 Å². The Balaban J connectivity index is 1.63. The van der Waals surface area contributed by atoms with Crippen molar-refractivity contribution in [2.24, 2.45) is 5.92 Å². The van der Waals surface area contributed by atoms with Crippen LogP contribution >= 0.6 is 11.6 Å². The first-order valence-electron chi connectivity index (χ1n) is 10.4. The van der Waals surface area contributed by atoms with Crippen molar-refractivity contribution in [2.75, 3.05) is 5.32 Å². The van der Waals surface area contributed by atoms with E-state index in [1.807, 2.05) is 0 Å². The second kappa shape index (κ2) is 9.41. The summed E-state index contributed by atoms with van der Waals surface area (Å²) in [6, 6.07) is 9.94. The van der Waals surface area contributed by atoms with Gasteiger partial charge in [-0.15, -0.1) is 0 Å². The zero-order valence-electron chi connectivity index (χ0n) is 18.3. The van der Waals surface area contributed by atoms with Gasteiger partial charge in [-0.1, -0.05) is 24.6 Å². The molecular weight excluding hydrogens is 512 g/mol. The maximum Gasteiger partial charge on any atom is 0.434 e. The van der Waals surface area contributed by atoms with Gasteiger partial charge in [0.15, 0.2) is 11.3 Å².